The van der Waals surface area contributed by atoms with Crippen LogP contribution in [0, 0.1) is 6.92 Å². The molecule has 7 heteroatoms. The number of ether oxygens (including phenoxy) is 1. The molecule has 0 atom stereocenters. The average molecular weight is 303 g/mol. The lowest BCUT2D eigenvalue weighted by Crippen LogP contribution is -2.27. The standard InChI is InChI=1S/C15H21N5O2/c1-5-19(6-2)13-12(14(21)22-7-3)9-16-15(18-13)20-10-11(4)8-17-20/h8-10H,5-7H2,1-4H3. The summed E-state index contributed by atoms with van der Waals surface area (Å²) in [7, 11) is 0. The summed E-state index contributed by atoms with van der Waals surface area (Å²) in [6, 6.07) is 0. The zero-order chi connectivity index (χ0) is 16.1. The largest absolute Gasteiger partial charge is 0.462 e. The molecule has 0 N–H and O–H groups in total. The highest BCUT2D eigenvalue weighted by molar-refractivity contribution is 5.94. The average Bonchev–Trinajstić information content (AvgIpc) is 2.95. The molecule has 0 aliphatic rings. The van der Waals surface area contributed by atoms with Crippen molar-refractivity contribution in [2.24, 2.45) is 0 Å². The van der Waals surface area contributed by atoms with Gasteiger partial charge in [-0.3, -0.25) is 0 Å². The third kappa shape index (κ3) is 3.24. The first-order chi connectivity index (χ1) is 10.6. The van der Waals surface area contributed by atoms with E-state index in [0.29, 0.717) is 23.9 Å². The number of esters is 1. The first kappa shape index (κ1) is 15.9. The van der Waals surface area contributed by atoms with Gasteiger partial charge in [-0.2, -0.15) is 10.1 Å². The Kier molecular flexibility index (Phi) is 5.08. The highest BCUT2D eigenvalue weighted by Gasteiger charge is 2.20. The van der Waals surface area contributed by atoms with Crippen LogP contribution in [0.5, 0.6) is 0 Å². The fourth-order valence-corrected chi connectivity index (χ4v) is 2.11. The van der Waals surface area contributed by atoms with Gasteiger partial charge in [0.05, 0.1) is 12.8 Å². The van der Waals surface area contributed by atoms with Crippen molar-refractivity contribution in [1.29, 1.82) is 0 Å². The number of rotatable bonds is 6. The van der Waals surface area contributed by atoms with Gasteiger partial charge in [-0.25, -0.2) is 14.5 Å². The van der Waals surface area contributed by atoms with Crippen molar-refractivity contribution in [3.05, 3.63) is 29.7 Å². The summed E-state index contributed by atoms with van der Waals surface area (Å²) in [5, 5.41) is 4.21. The Morgan fingerprint density at radius 2 is 2.00 bits per heavy atom. The number of aryl methyl sites for hydroxylation is 1. The second kappa shape index (κ2) is 7.02. The SMILES string of the molecule is CCOC(=O)c1cnc(-n2cc(C)cn2)nc1N(CC)CC. The summed E-state index contributed by atoms with van der Waals surface area (Å²) in [4.78, 5) is 22.9. The molecule has 0 aliphatic carbocycles. The van der Waals surface area contributed by atoms with E-state index < -0.39 is 5.97 Å². The number of anilines is 1. The zero-order valence-corrected chi connectivity index (χ0v) is 13.4. The minimum Gasteiger partial charge on any atom is -0.462 e. The Morgan fingerprint density at radius 1 is 1.27 bits per heavy atom. The molecule has 2 rings (SSSR count). The first-order valence-electron chi connectivity index (χ1n) is 7.41. The molecule has 0 aromatic carbocycles. The lowest BCUT2D eigenvalue weighted by Gasteiger charge is -2.22. The molecule has 0 fully saturated rings. The van der Waals surface area contributed by atoms with E-state index in [-0.39, 0.29) is 0 Å². The fourth-order valence-electron chi connectivity index (χ4n) is 2.11. The maximum absolute atomic E-state index is 12.1. The van der Waals surface area contributed by atoms with Crippen LogP contribution in [-0.2, 0) is 4.74 Å². The molecule has 7 nitrogen and oxygen atoms in total. The van der Waals surface area contributed by atoms with Crippen LogP contribution < -0.4 is 4.90 Å². The zero-order valence-electron chi connectivity index (χ0n) is 13.4. The van der Waals surface area contributed by atoms with Gasteiger partial charge in [0.25, 0.3) is 5.95 Å². The topological polar surface area (TPSA) is 73.1 Å². The van der Waals surface area contributed by atoms with Gasteiger partial charge in [-0.15, -0.1) is 0 Å². The molecular weight excluding hydrogens is 282 g/mol. The Balaban J connectivity index is 2.49. The second-order valence-electron chi connectivity index (χ2n) is 4.76. The van der Waals surface area contributed by atoms with Crippen molar-refractivity contribution in [3.8, 4) is 5.95 Å². The van der Waals surface area contributed by atoms with Crippen molar-refractivity contribution in [1.82, 2.24) is 19.7 Å². The molecule has 2 aromatic heterocycles. The molecule has 0 aliphatic heterocycles. The normalized spacial score (nSPS) is 10.5. The Morgan fingerprint density at radius 3 is 2.55 bits per heavy atom. The van der Waals surface area contributed by atoms with Crippen LogP contribution in [0.1, 0.15) is 36.7 Å². The molecule has 0 bridgehead atoms. The van der Waals surface area contributed by atoms with Gasteiger partial charge in [0.1, 0.15) is 11.4 Å². The molecule has 0 radical (unpaired) electrons. The molecule has 22 heavy (non-hydrogen) atoms. The number of carbonyl (C=O) groups is 1. The van der Waals surface area contributed by atoms with Gasteiger partial charge in [0.15, 0.2) is 0 Å². The van der Waals surface area contributed by atoms with E-state index in [1.807, 2.05) is 31.9 Å². The van der Waals surface area contributed by atoms with Crippen LogP contribution in [0.2, 0.25) is 0 Å². The van der Waals surface area contributed by atoms with Crippen LogP contribution >= 0.6 is 0 Å². The highest BCUT2D eigenvalue weighted by atomic mass is 16.5. The predicted octanol–water partition coefficient (Wildman–Crippen LogP) is 1.99. The van der Waals surface area contributed by atoms with Gasteiger partial charge in [-0.1, -0.05) is 0 Å². The van der Waals surface area contributed by atoms with E-state index >= 15 is 0 Å². The van der Waals surface area contributed by atoms with Crippen molar-refractivity contribution >= 4 is 11.8 Å². The predicted molar refractivity (Wildman–Crippen MR) is 83.4 cm³/mol. The summed E-state index contributed by atoms with van der Waals surface area (Å²) in [5.41, 5.74) is 1.39. The fraction of sp³-hybridized carbons (Fsp3) is 0.467. The lowest BCUT2D eigenvalue weighted by molar-refractivity contribution is 0.0526. The number of hydrogen-bond donors (Lipinski definition) is 0. The quantitative estimate of drug-likeness (QED) is 0.760. The van der Waals surface area contributed by atoms with Crippen molar-refractivity contribution in [2.45, 2.75) is 27.7 Å². The van der Waals surface area contributed by atoms with E-state index in [1.165, 1.54) is 6.20 Å². The van der Waals surface area contributed by atoms with Gasteiger partial charge in [-0.05, 0) is 33.3 Å². The number of hydrogen-bond acceptors (Lipinski definition) is 6. The number of carbonyl (C=O) groups excluding carboxylic acids is 1. The molecular formula is C15H21N5O2. The van der Waals surface area contributed by atoms with Crippen LogP contribution in [0.4, 0.5) is 5.82 Å². The van der Waals surface area contributed by atoms with E-state index in [1.54, 1.807) is 17.8 Å². The summed E-state index contributed by atoms with van der Waals surface area (Å²) in [5.74, 6) is 0.595. The van der Waals surface area contributed by atoms with Gasteiger partial charge < -0.3 is 9.64 Å². The minimum atomic E-state index is -0.410. The van der Waals surface area contributed by atoms with Crippen LogP contribution in [0.3, 0.4) is 0 Å². The van der Waals surface area contributed by atoms with Crippen LogP contribution in [0.15, 0.2) is 18.6 Å². The third-order valence-corrected chi connectivity index (χ3v) is 3.23. The monoisotopic (exact) mass is 303 g/mol. The molecule has 0 spiro atoms. The van der Waals surface area contributed by atoms with Crippen molar-refractivity contribution < 1.29 is 9.53 Å². The van der Waals surface area contributed by atoms with E-state index in [9.17, 15) is 4.79 Å². The maximum atomic E-state index is 12.1. The molecule has 2 aromatic rings. The van der Waals surface area contributed by atoms with E-state index in [4.69, 9.17) is 4.74 Å². The van der Waals surface area contributed by atoms with E-state index in [0.717, 1.165) is 18.7 Å². The third-order valence-electron chi connectivity index (χ3n) is 3.23. The molecule has 0 saturated heterocycles. The Bertz CT molecular complexity index is 649. The lowest BCUT2D eigenvalue weighted by atomic mass is 10.3. The second-order valence-corrected chi connectivity index (χ2v) is 4.76. The molecule has 0 saturated carbocycles. The smallest absolute Gasteiger partial charge is 0.343 e. The van der Waals surface area contributed by atoms with E-state index in [2.05, 4.69) is 15.1 Å². The van der Waals surface area contributed by atoms with Crippen LogP contribution in [0.25, 0.3) is 5.95 Å². The summed E-state index contributed by atoms with van der Waals surface area (Å²) >= 11 is 0. The highest BCUT2D eigenvalue weighted by Crippen LogP contribution is 2.19. The molecule has 0 unspecified atom stereocenters. The summed E-state index contributed by atoms with van der Waals surface area (Å²) in [6.07, 6.45) is 5.08. The van der Waals surface area contributed by atoms with Crippen LogP contribution in [-0.4, -0.2) is 45.4 Å². The van der Waals surface area contributed by atoms with Gasteiger partial charge >= 0.3 is 5.97 Å². The Labute approximate surface area is 129 Å². The van der Waals surface area contributed by atoms with Crippen molar-refractivity contribution in [3.63, 3.8) is 0 Å². The summed E-state index contributed by atoms with van der Waals surface area (Å²) < 4.78 is 6.68. The summed E-state index contributed by atoms with van der Waals surface area (Å²) in [6.45, 7) is 9.53. The Hall–Kier alpha value is -2.44. The van der Waals surface area contributed by atoms with Crippen molar-refractivity contribution in [2.75, 3.05) is 24.6 Å². The van der Waals surface area contributed by atoms with Gasteiger partial charge in [0.2, 0.25) is 0 Å². The number of aromatic nitrogens is 4. The molecule has 2 heterocycles. The molecule has 0 amide bonds. The first-order valence-corrected chi connectivity index (χ1v) is 7.41. The van der Waals surface area contributed by atoms with Gasteiger partial charge in [0, 0.05) is 25.5 Å². The number of nitrogens with zero attached hydrogens (tertiary/aromatic N) is 5. The molecule has 118 valence electrons. The maximum Gasteiger partial charge on any atom is 0.343 e. The minimum absolute atomic E-state index is 0.316.